The third kappa shape index (κ3) is 2.20. The average Bonchev–Trinajstić information content (AvgIpc) is 2.41. The van der Waals surface area contributed by atoms with Gasteiger partial charge in [0.1, 0.15) is 5.75 Å². The maximum Gasteiger partial charge on any atom is 0.335 e. The summed E-state index contributed by atoms with van der Waals surface area (Å²) in [7, 11) is 0. The lowest BCUT2D eigenvalue weighted by atomic mass is 9.78. The van der Waals surface area contributed by atoms with Crippen LogP contribution in [-0.2, 0) is 6.42 Å². The molecule has 0 aliphatic heterocycles. The van der Waals surface area contributed by atoms with Gasteiger partial charge in [0.2, 0.25) is 0 Å². The first-order valence-electron chi connectivity index (χ1n) is 6.48. The van der Waals surface area contributed by atoms with Gasteiger partial charge in [-0.15, -0.1) is 0 Å². The van der Waals surface area contributed by atoms with E-state index in [0.717, 1.165) is 6.42 Å². The molecule has 3 N–H and O–H groups in total. The number of hydrogen-bond donors (Lipinski definition) is 2. The molecular weight excluding hydrogens is 254 g/mol. The predicted octanol–water partition coefficient (Wildman–Crippen LogP) is 2.69. The van der Waals surface area contributed by atoms with Gasteiger partial charge in [-0.25, -0.2) is 4.79 Å². The Labute approximate surface area is 116 Å². The Balaban J connectivity index is 1.67. The van der Waals surface area contributed by atoms with Crippen LogP contribution in [0.5, 0.6) is 5.75 Å². The Morgan fingerprint density at radius 3 is 2.80 bits per heavy atom. The molecule has 0 spiro atoms. The number of benzene rings is 2. The number of carbonyl (C=O) groups is 1. The van der Waals surface area contributed by atoms with Crippen molar-refractivity contribution in [3.8, 4) is 5.75 Å². The lowest BCUT2D eigenvalue weighted by Gasteiger charge is -2.30. The summed E-state index contributed by atoms with van der Waals surface area (Å²) in [6.45, 7) is 0.563. The van der Waals surface area contributed by atoms with Gasteiger partial charge in [-0.05, 0) is 35.7 Å². The van der Waals surface area contributed by atoms with Crippen LogP contribution in [0.15, 0.2) is 42.5 Å². The fourth-order valence-electron chi connectivity index (χ4n) is 2.51. The molecule has 0 heterocycles. The van der Waals surface area contributed by atoms with Crippen molar-refractivity contribution in [2.24, 2.45) is 0 Å². The predicted molar refractivity (Wildman–Crippen MR) is 76.2 cm³/mol. The van der Waals surface area contributed by atoms with Crippen molar-refractivity contribution in [1.29, 1.82) is 0 Å². The summed E-state index contributed by atoms with van der Waals surface area (Å²) in [5, 5.41) is 8.88. The molecular formula is C16H15NO3. The van der Waals surface area contributed by atoms with Crippen LogP contribution < -0.4 is 10.5 Å². The molecule has 0 bridgehead atoms. The molecule has 3 rings (SSSR count). The summed E-state index contributed by atoms with van der Waals surface area (Å²) >= 11 is 0. The number of nitrogen functional groups attached to an aromatic ring is 1. The molecule has 2 aromatic rings. The van der Waals surface area contributed by atoms with Crippen molar-refractivity contribution < 1.29 is 14.6 Å². The summed E-state index contributed by atoms with van der Waals surface area (Å²) < 4.78 is 5.71. The Morgan fingerprint density at radius 1 is 1.30 bits per heavy atom. The average molecular weight is 269 g/mol. The van der Waals surface area contributed by atoms with Gasteiger partial charge in [0.25, 0.3) is 0 Å². The van der Waals surface area contributed by atoms with Crippen LogP contribution in [0.25, 0.3) is 0 Å². The van der Waals surface area contributed by atoms with Gasteiger partial charge >= 0.3 is 5.97 Å². The largest absolute Gasteiger partial charge is 0.491 e. The maximum atomic E-state index is 10.8. The van der Waals surface area contributed by atoms with E-state index in [9.17, 15) is 4.79 Å². The second kappa shape index (κ2) is 4.89. The molecule has 0 aromatic heterocycles. The van der Waals surface area contributed by atoms with Crippen molar-refractivity contribution in [3.63, 3.8) is 0 Å². The Kier molecular flexibility index (Phi) is 3.06. The SMILES string of the molecule is Nc1cc(C(=O)O)ccc1OCC1Cc2ccccc21. The van der Waals surface area contributed by atoms with E-state index in [2.05, 4.69) is 12.1 Å². The molecule has 1 atom stereocenters. The lowest BCUT2D eigenvalue weighted by molar-refractivity contribution is 0.0697. The fourth-order valence-corrected chi connectivity index (χ4v) is 2.51. The van der Waals surface area contributed by atoms with E-state index in [-0.39, 0.29) is 5.56 Å². The van der Waals surface area contributed by atoms with Crippen molar-refractivity contribution in [2.45, 2.75) is 12.3 Å². The summed E-state index contributed by atoms with van der Waals surface area (Å²) in [5.41, 5.74) is 9.04. The summed E-state index contributed by atoms with van der Waals surface area (Å²) in [6, 6.07) is 12.9. The van der Waals surface area contributed by atoms with Crippen LogP contribution in [0.2, 0.25) is 0 Å². The summed E-state index contributed by atoms with van der Waals surface area (Å²) in [4.78, 5) is 10.8. The molecule has 4 heteroatoms. The Morgan fingerprint density at radius 2 is 2.10 bits per heavy atom. The van der Waals surface area contributed by atoms with Crippen LogP contribution in [0.4, 0.5) is 5.69 Å². The van der Waals surface area contributed by atoms with Gasteiger partial charge < -0.3 is 15.6 Å². The van der Waals surface area contributed by atoms with E-state index < -0.39 is 5.97 Å². The molecule has 0 saturated carbocycles. The first kappa shape index (κ1) is 12.5. The second-order valence-electron chi connectivity index (χ2n) is 4.97. The van der Waals surface area contributed by atoms with Crippen molar-refractivity contribution >= 4 is 11.7 Å². The number of anilines is 1. The number of hydrogen-bond acceptors (Lipinski definition) is 3. The second-order valence-corrected chi connectivity index (χ2v) is 4.97. The van der Waals surface area contributed by atoms with E-state index >= 15 is 0 Å². The first-order valence-corrected chi connectivity index (χ1v) is 6.48. The molecule has 0 radical (unpaired) electrons. The van der Waals surface area contributed by atoms with E-state index in [0.29, 0.717) is 24.0 Å². The van der Waals surface area contributed by atoms with E-state index in [1.165, 1.54) is 23.3 Å². The number of aromatic carboxylic acids is 1. The zero-order chi connectivity index (χ0) is 14.1. The van der Waals surface area contributed by atoms with Gasteiger partial charge in [-0.3, -0.25) is 0 Å². The molecule has 1 unspecified atom stereocenters. The molecule has 1 aliphatic rings. The number of carboxylic acid groups (broad SMARTS) is 1. The molecule has 0 saturated heterocycles. The third-order valence-electron chi connectivity index (χ3n) is 3.66. The van der Waals surface area contributed by atoms with Crippen LogP contribution >= 0.6 is 0 Å². The van der Waals surface area contributed by atoms with E-state index in [4.69, 9.17) is 15.6 Å². The molecule has 4 nitrogen and oxygen atoms in total. The van der Waals surface area contributed by atoms with Gasteiger partial charge in [-0.1, -0.05) is 24.3 Å². The van der Waals surface area contributed by atoms with Crippen LogP contribution in [0.1, 0.15) is 27.4 Å². The van der Waals surface area contributed by atoms with E-state index in [1.807, 2.05) is 12.1 Å². The van der Waals surface area contributed by atoms with Gasteiger partial charge in [-0.2, -0.15) is 0 Å². The maximum absolute atomic E-state index is 10.8. The Bertz CT molecular complexity index is 667. The van der Waals surface area contributed by atoms with Crippen LogP contribution in [0.3, 0.4) is 0 Å². The molecule has 1 aliphatic carbocycles. The fraction of sp³-hybridized carbons (Fsp3) is 0.188. The number of nitrogens with two attached hydrogens (primary N) is 1. The highest BCUT2D eigenvalue weighted by atomic mass is 16.5. The minimum atomic E-state index is -0.990. The standard InChI is InChI=1S/C16H15NO3/c17-14-8-11(16(18)19)5-6-15(14)20-9-12-7-10-3-1-2-4-13(10)12/h1-6,8,12H,7,9,17H2,(H,18,19). The lowest BCUT2D eigenvalue weighted by Crippen LogP contribution is -2.23. The molecule has 0 fully saturated rings. The quantitative estimate of drug-likeness (QED) is 0.837. The minimum Gasteiger partial charge on any atom is -0.491 e. The van der Waals surface area contributed by atoms with Crippen LogP contribution in [-0.4, -0.2) is 17.7 Å². The smallest absolute Gasteiger partial charge is 0.335 e. The number of rotatable bonds is 4. The number of fused-ring (bicyclic) bond motifs is 1. The zero-order valence-electron chi connectivity index (χ0n) is 10.9. The summed E-state index contributed by atoms with van der Waals surface area (Å²) in [5.74, 6) is -0.0553. The van der Waals surface area contributed by atoms with Crippen molar-refractivity contribution in [1.82, 2.24) is 0 Å². The monoisotopic (exact) mass is 269 g/mol. The molecule has 2 aromatic carbocycles. The first-order chi connectivity index (χ1) is 9.65. The topological polar surface area (TPSA) is 72.6 Å². The third-order valence-corrected chi connectivity index (χ3v) is 3.66. The molecule has 102 valence electrons. The van der Waals surface area contributed by atoms with E-state index in [1.54, 1.807) is 6.07 Å². The molecule has 0 amide bonds. The van der Waals surface area contributed by atoms with Crippen molar-refractivity contribution in [2.75, 3.05) is 12.3 Å². The summed E-state index contributed by atoms with van der Waals surface area (Å²) in [6.07, 6.45) is 1.02. The van der Waals surface area contributed by atoms with Gasteiger partial charge in [0.05, 0.1) is 17.9 Å². The minimum absolute atomic E-state index is 0.170. The highest BCUT2D eigenvalue weighted by molar-refractivity contribution is 5.89. The highest BCUT2D eigenvalue weighted by Gasteiger charge is 2.26. The number of ether oxygens (including phenoxy) is 1. The van der Waals surface area contributed by atoms with Crippen molar-refractivity contribution in [3.05, 3.63) is 59.2 Å². The highest BCUT2D eigenvalue weighted by Crippen LogP contribution is 2.35. The number of carboxylic acids is 1. The van der Waals surface area contributed by atoms with Crippen LogP contribution in [0, 0.1) is 0 Å². The Hall–Kier alpha value is -2.49. The zero-order valence-corrected chi connectivity index (χ0v) is 10.9. The normalized spacial score (nSPS) is 16.1. The van der Waals surface area contributed by atoms with Gasteiger partial charge in [0.15, 0.2) is 0 Å². The molecule has 20 heavy (non-hydrogen) atoms. The van der Waals surface area contributed by atoms with Gasteiger partial charge in [0, 0.05) is 5.92 Å².